The number of barbiturate groups is 1. The van der Waals surface area contributed by atoms with E-state index in [4.69, 9.17) is 5.73 Å². The predicted molar refractivity (Wildman–Crippen MR) is 91.4 cm³/mol. The van der Waals surface area contributed by atoms with Gasteiger partial charge in [0.2, 0.25) is 11.8 Å². The molecule has 0 bridgehead atoms. The van der Waals surface area contributed by atoms with Crippen molar-refractivity contribution in [3.05, 3.63) is 54.1 Å². The second-order valence-electron chi connectivity index (χ2n) is 5.46. The summed E-state index contributed by atoms with van der Waals surface area (Å²) in [7, 11) is 0. The number of aromatic nitrogens is 2. The van der Waals surface area contributed by atoms with Gasteiger partial charge in [-0.3, -0.25) is 20.2 Å². The van der Waals surface area contributed by atoms with Gasteiger partial charge < -0.3 is 10.7 Å². The van der Waals surface area contributed by atoms with Crippen molar-refractivity contribution in [2.45, 2.75) is 25.2 Å². The van der Waals surface area contributed by atoms with Crippen LogP contribution in [0.2, 0.25) is 0 Å². The Kier molecular flexibility index (Phi) is 6.02. The summed E-state index contributed by atoms with van der Waals surface area (Å²) >= 11 is 0. The first-order valence-corrected chi connectivity index (χ1v) is 7.94. The third-order valence-electron chi connectivity index (χ3n) is 3.98. The zero-order valence-corrected chi connectivity index (χ0v) is 13.9. The average Bonchev–Trinajstić information content (AvgIpc) is 3.10. The van der Waals surface area contributed by atoms with Crippen LogP contribution in [0.1, 0.15) is 24.6 Å². The van der Waals surface area contributed by atoms with Crippen LogP contribution in [0.25, 0.3) is 0 Å². The van der Waals surface area contributed by atoms with E-state index in [9.17, 15) is 14.4 Å². The van der Waals surface area contributed by atoms with E-state index in [-0.39, 0.29) is 0 Å². The molecule has 5 N–H and O–H groups in total. The molecular weight excluding hydrogens is 322 g/mol. The fourth-order valence-corrected chi connectivity index (χ4v) is 2.64. The van der Waals surface area contributed by atoms with Crippen molar-refractivity contribution >= 4 is 17.8 Å². The lowest BCUT2D eigenvalue weighted by Crippen LogP contribution is -2.64. The van der Waals surface area contributed by atoms with Crippen LogP contribution in [0.3, 0.4) is 0 Å². The number of hydrogen-bond donors (Lipinski definition) is 4. The van der Waals surface area contributed by atoms with Crippen molar-refractivity contribution in [3.8, 4) is 0 Å². The third kappa shape index (κ3) is 3.92. The highest BCUT2D eigenvalue weighted by molar-refractivity contribution is 6.22. The van der Waals surface area contributed by atoms with Crippen molar-refractivity contribution in [1.82, 2.24) is 20.6 Å². The number of carbonyl (C=O) groups is 3. The summed E-state index contributed by atoms with van der Waals surface area (Å²) < 4.78 is 0. The van der Waals surface area contributed by atoms with Crippen LogP contribution in [0.5, 0.6) is 0 Å². The van der Waals surface area contributed by atoms with Gasteiger partial charge in [0.15, 0.2) is 5.41 Å². The van der Waals surface area contributed by atoms with E-state index in [1.54, 1.807) is 43.6 Å². The molecule has 1 aliphatic rings. The van der Waals surface area contributed by atoms with E-state index in [0.717, 1.165) is 12.1 Å². The largest absolute Gasteiger partial charge is 0.351 e. The second kappa shape index (κ2) is 8.20. The minimum absolute atomic E-state index is 0.294. The van der Waals surface area contributed by atoms with Crippen molar-refractivity contribution in [1.29, 1.82) is 0 Å². The molecule has 1 aliphatic heterocycles. The maximum Gasteiger partial charge on any atom is 0.328 e. The van der Waals surface area contributed by atoms with Crippen LogP contribution in [-0.4, -0.2) is 34.4 Å². The van der Waals surface area contributed by atoms with E-state index >= 15 is 0 Å². The fourth-order valence-electron chi connectivity index (χ4n) is 2.64. The Morgan fingerprint density at radius 3 is 2.20 bits per heavy atom. The molecule has 132 valence electrons. The summed E-state index contributed by atoms with van der Waals surface area (Å²) in [5.41, 5.74) is 5.58. The first-order chi connectivity index (χ1) is 12.0. The molecule has 4 amide bonds. The summed E-state index contributed by atoms with van der Waals surface area (Å²) in [5.74, 6) is -1.14. The second-order valence-corrected chi connectivity index (χ2v) is 5.46. The number of nitrogens with one attached hydrogen (secondary N) is 3. The molecule has 0 spiro atoms. The minimum Gasteiger partial charge on any atom is -0.351 e. The van der Waals surface area contributed by atoms with Crippen molar-refractivity contribution in [2.24, 2.45) is 5.73 Å². The summed E-state index contributed by atoms with van der Waals surface area (Å²) in [5, 5.41) is 4.28. The van der Waals surface area contributed by atoms with Gasteiger partial charge >= 0.3 is 6.03 Å². The smallest absolute Gasteiger partial charge is 0.328 e. The molecule has 8 nitrogen and oxygen atoms in total. The molecule has 8 heteroatoms. The van der Waals surface area contributed by atoms with Crippen LogP contribution in [0.4, 0.5) is 4.79 Å². The molecule has 2 aromatic rings. The number of H-pyrrole nitrogens is 1. The zero-order chi connectivity index (χ0) is 18.3. The van der Waals surface area contributed by atoms with E-state index in [1.165, 1.54) is 0 Å². The fraction of sp³-hybridized carbons (Fsp3) is 0.294. The summed E-state index contributed by atoms with van der Waals surface area (Å²) in [6, 6.07) is 7.96. The van der Waals surface area contributed by atoms with Gasteiger partial charge in [0.25, 0.3) is 0 Å². The van der Waals surface area contributed by atoms with Gasteiger partial charge in [0, 0.05) is 12.6 Å². The molecule has 0 unspecified atom stereocenters. The molecule has 1 aromatic carbocycles. The number of aromatic amines is 1. The number of nitrogens with zero attached hydrogens (tertiary/aromatic N) is 1. The molecule has 1 fully saturated rings. The molecule has 0 radical (unpaired) electrons. The molecule has 0 atom stereocenters. The van der Waals surface area contributed by atoms with Gasteiger partial charge in [-0.25, -0.2) is 9.78 Å². The molecule has 3 rings (SSSR count). The SMILES string of the molecule is CCC1(c2ccccc2)C(=O)NC(=O)NC1=O.NCCc1c[nH]cn1. The zero-order valence-electron chi connectivity index (χ0n) is 13.9. The first-order valence-electron chi connectivity index (χ1n) is 7.94. The number of imidazole rings is 1. The molecule has 2 heterocycles. The summed E-state index contributed by atoms with van der Waals surface area (Å²) in [4.78, 5) is 41.8. The Bertz CT molecular complexity index is 708. The van der Waals surface area contributed by atoms with E-state index < -0.39 is 23.3 Å². The lowest BCUT2D eigenvalue weighted by molar-refractivity contribution is -0.138. The monoisotopic (exact) mass is 343 g/mol. The van der Waals surface area contributed by atoms with Gasteiger partial charge in [0.05, 0.1) is 12.0 Å². The standard InChI is InChI=1S/C12H12N2O3.C5H9N3/c1-2-12(8-6-4-3-5-7-8)9(15)13-11(17)14-10(12)16;6-2-1-5-3-7-4-8-5/h3-7H,2H2,1H3,(H2,13,14,15,16,17);3-4H,1-2,6H2,(H,7,8). The molecule has 1 saturated heterocycles. The lowest BCUT2D eigenvalue weighted by Gasteiger charge is -2.33. The van der Waals surface area contributed by atoms with Crippen LogP contribution < -0.4 is 16.4 Å². The normalized spacial score (nSPS) is 15.7. The number of nitrogens with two attached hydrogens (primary N) is 1. The Morgan fingerprint density at radius 2 is 1.72 bits per heavy atom. The number of imide groups is 2. The quantitative estimate of drug-likeness (QED) is 0.604. The highest BCUT2D eigenvalue weighted by Crippen LogP contribution is 2.30. The number of carbonyl (C=O) groups excluding carboxylic acids is 3. The van der Waals surface area contributed by atoms with E-state index in [2.05, 4.69) is 20.6 Å². The number of rotatable bonds is 4. The maximum absolute atomic E-state index is 12.0. The van der Waals surface area contributed by atoms with Crippen LogP contribution >= 0.6 is 0 Å². The number of urea groups is 1. The van der Waals surface area contributed by atoms with Gasteiger partial charge in [-0.2, -0.15) is 0 Å². The summed E-state index contributed by atoms with van der Waals surface area (Å²) in [6.45, 7) is 2.41. The average molecular weight is 343 g/mol. The first kappa shape index (κ1) is 18.3. The Labute approximate surface area is 145 Å². The molecular formula is C17H21N5O3. The van der Waals surface area contributed by atoms with E-state index in [0.29, 0.717) is 18.5 Å². The van der Waals surface area contributed by atoms with Gasteiger partial charge in [-0.05, 0) is 18.5 Å². The summed E-state index contributed by atoms with van der Waals surface area (Å²) in [6.07, 6.45) is 4.67. The van der Waals surface area contributed by atoms with Crippen LogP contribution in [0, 0.1) is 0 Å². The number of amides is 4. The van der Waals surface area contributed by atoms with Crippen molar-refractivity contribution in [3.63, 3.8) is 0 Å². The van der Waals surface area contributed by atoms with Crippen molar-refractivity contribution in [2.75, 3.05) is 6.54 Å². The number of benzene rings is 1. The Hall–Kier alpha value is -3.00. The van der Waals surface area contributed by atoms with Crippen LogP contribution in [0.15, 0.2) is 42.9 Å². The van der Waals surface area contributed by atoms with Gasteiger partial charge in [-0.15, -0.1) is 0 Å². The Morgan fingerprint density at radius 1 is 1.08 bits per heavy atom. The predicted octanol–water partition coefficient (Wildman–Crippen LogP) is 0.611. The third-order valence-corrected chi connectivity index (χ3v) is 3.98. The maximum atomic E-state index is 12.0. The Balaban J connectivity index is 0.000000236. The minimum atomic E-state index is -1.31. The van der Waals surface area contributed by atoms with Gasteiger partial charge in [-0.1, -0.05) is 37.3 Å². The van der Waals surface area contributed by atoms with Crippen molar-refractivity contribution < 1.29 is 14.4 Å². The molecule has 1 aromatic heterocycles. The van der Waals surface area contributed by atoms with E-state index in [1.807, 2.05) is 6.20 Å². The van der Waals surface area contributed by atoms with Crippen LogP contribution in [-0.2, 0) is 21.4 Å². The molecule has 25 heavy (non-hydrogen) atoms. The lowest BCUT2D eigenvalue weighted by atomic mass is 9.75. The topological polar surface area (TPSA) is 130 Å². The van der Waals surface area contributed by atoms with Gasteiger partial charge in [0.1, 0.15) is 0 Å². The highest BCUT2D eigenvalue weighted by Gasteiger charge is 2.50. The highest BCUT2D eigenvalue weighted by atomic mass is 16.2. The number of hydrogen-bond acceptors (Lipinski definition) is 5. The molecule has 0 aliphatic carbocycles. The molecule has 0 saturated carbocycles.